The topological polar surface area (TPSA) is 75.6 Å². The Bertz CT molecular complexity index is 1100. The molecule has 1 amide bonds. The van der Waals surface area contributed by atoms with Crippen LogP contribution in [-0.2, 0) is 16.0 Å². The van der Waals surface area contributed by atoms with Crippen LogP contribution in [0.25, 0.3) is 0 Å². The van der Waals surface area contributed by atoms with Crippen molar-refractivity contribution in [3.8, 4) is 5.75 Å². The van der Waals surface area contributed by atoms with E-state index in [1.165, 1.54) is 6.08 Å². The van der Waals surface area contributed by atoms with Gasteiger partial charge in [-0.3, -0.25) is 9.59 Å². The zero-order valence-electron chi connectivity index (χ0n) is 19.8. The van der Waals surface area contributed by atoms with Crippen LogP contribution < -0.4 is 10.1 Å². The molecule has 6 aliphatic rings. The Morgan fingerprint density at radius 2 is 1.88 bits per heavy atom. The number of Topliss-reactive ketones (excluding diaryl/α,β-unsaturated/α-hetero) is 1. The summed E-state index contributed by atoms with van der Waals surface area (Å²) < 4.78 is 6.79. The highest BCUT2D eigenvalue weighted by atomic mass is 16.5. The van der Waals surface area contributed by atoms with Gasteiger partial charge in [-0.15, -0.1) is 6.58 Å². The number of ketones is 1. The number of hydrogen-bond acceptors (Lipinski definition) is 4. The Kier molecular flexibility index (Phi) is 4.93. The summed E-state index contributed by atoms with van der Waals surface area (Å²) >= 11 is 0. The summed E-state index contributed by atoms with van der Waals surface area (Å²) in [7, 11) is 0. The quantitative estimate of drug-likeness (QED) is 0.494. The molecule has 0 saturated heterocycles. The normalized spacial score (nSPS) is 44.6. The summed E-state index contributed by atoms with van der Waals surface area (Å²) in [5.41, 5.74) is -0.637. The average molecular weight is 460 g/mol. The number of fused-ring (bicyclic) bond motifs is 4. The van der Waals surface area contributed by atoms with Gasteiger partial charge in [0.1, 0.15) is 11.9 Å². The van der Waals surface area contributed by atoms with E-state index >= 15 is 0 Å². The van der Waals surface area contributed by atoms with Crippen LogP contribution in [0.15, 0.2) is 60.7 Å². The zero-order valence-corrected chi connectivity index (χ0v) is 19.8. The number of carbonyl (C=O) groups is 2. The summed E-state index contributed by atoms with van der Waals surface area (Å²) in [4.78, 5) is 27.0. The van der Waals surface area contributed by atoms with Gasteiger partial charge < -0.3 is 15.2 Å². The average Bonchev–Trinajstić information content (AvgIpc) is 3.27. The first kappa shape index (κ1) is 21.8. The molecule has 2 N–H and O–H groups in total. The number of nitrogens with one attached hydrogen (secondary N) is 1. The van der Waals surface area contributed by atoms with Gasteiger partial charge in [0.15, 0.2) is 11.5 Å². The number of benzene rings is 1. The van der Waals surface area contributed by atoms with Crippen molar-refractivity contribution in [1.82, 2.24) is 5.32 Å². The fourth-order valence-corrected chi connectivity index (χ4v) is 7.97. The van der Waals surface area contributed by atoms with Crippen LogP contribution in [0.2, 0.25) is 0 Å². The van der Waals surface area contributed by atoms with Gasteiger partial charge in [0.2, 0.25) is 0 Å². The Balaban J connectivity index is 1.54. The molecule has 0 unspecified atom stereocenters. The number of aliphatic hydroxyl groups is 1. The molecule has 3 aliphatic carbocycles. The van der Waals surface area contributed by atoms with Crippen molar-refractivity contribution in [2.75, 3.05) is 0 Å². The van der Waals surface area contributed by atoms with Gasteiger partial charge in [0, 0.05) is 30.1 Å². The Hall–Kier alpha value is -2.66. The molecule has 34 heavy (non-hydrogen) atoms. The van der Waals surface area contributed by atoms with Crippen molar-refractivity contribution < 1.29 is 19.4 Å². The lowest BCUT2D eigenvalue weighted by Gasteiger charge is -2.39. The van der Waals surface area contributed by atoms with Gasteiger partial charge >= 0.3 is 0 Å². The van der Waals surface area contributed by atoms with Gasteiger partial charge in [-0.1, -0.05) is 44.2 Å². The zero-order chi connectivity index (χ0) is 23.8. The van der Waals surface area contributed by atoms with E-state index < -0.39 is 17.6 Å². The molecule has 4 bridgehead atoms. The van der Waals surface area contributed by atoms with Crippen LogP contribution in [0.1, 0.15) is 32.3 Å². The van der Waals surface area contributed by atoms with E-state index in [1.54, 1.807) is 0 Å². The van der Waals surface area contributed by atoms with Crippen LogP contribution in [0.3, 0.4) is 0 Å². The van der Waals surface area contributed by atoms with Crippen molar-refractivity contribution in [2.45, 2.75) is 44.9 Å². The van der Waals surface area contributed by atoms with Gasteiger partial charge in [-0.25, -0.2) is 0 Å². The number of carbonyl (C=O) groups excluding carboxylic acids is 2. The fourth-order valence-electron chi connectivity index (χ4n) is 7.97. The smallest absolute Gasteiger partial charge is 0.257 e. The van der Waals surface area contributed by atoms with Crippen molar-refractivity contribution in [2.24, 2.45) is 47.3 Å². The monoisotopic (exact) mass is 459 g/mol. The largest absolute Gasteiger partial charge is 0.490 e. The Morgan fingerprint density at radius 1 is 1.12 bits per heavy atom. The minimum Gasteiger partial charge on any atom is -0.490 e. The summed E-state index contributed by atoms with van der Waals surface area (Å²) in [6, 6.07) is 7.78. The molecule has 2 fully saturated rings. The van der Waals surface area contributed by atoms with Gasteiger partial charge in [-0.2, -0.15) is 0 Å². The van der Waals surface area contributed by atoms with E-state index in [1.807, 2.05) is 30.3 Å². The summed E-state index contributed by atoms with van der Waals surface area (Å²) in [6.45, 7) is 8.69. The second-order valence-corrected chi connectivity index (χ2v) is 11.4. The maximum atomic E-state index is 14.1. The maximum Gasteiger partial charge on any atom is 0.257 e. The first-order valence-corrected chi connectivity index (χ1v) is 12.7. The molecule has 7 rings (SSSR count). The molecule has 0 spiro atoms. The molecule has 3 heterocycles. The summed E-state index contributed by atoms with van der Waals surface area (Å²) in [6.07, 6.45) is 10.1. The van der Waals surface area contributed by atoms with Crippen molar-refractivity contribution >= 4 is 11.7 Å². The van der Waals surface area contributed by atoms with Crippen molar-refractivity contribution in [3.05, 3.63) is 66.3 Å². The predicted molar refractivity (Wildman–Crippen MR) is 129 cm³/mol. The molecule has 0 aromatic heterocycles. The number of amides is 1. The number of hydrogen-bond donors (Lipinski definition) is 2. The van der Waals surface area contributed by atoms with Gasteiger partial charge in [0.05, 0.1) is 5.57 Å². The van der Waals surface area contributed by atoms with E-state index in [4.69, 9.17) is 4.74 Å². The van der Waals surface area contributed by atoms with Gasteiger partial charge in [-0.05, 0) is 60.3 Å². The van der Waals surface area contributed by atoms with Crippen LogP contribution in [-0.4, -0.2) is 28.6 Å². The molecule has 0 radical (unpaired) electrons. The molecule has 5 heteroatoms. The van der Waals surface area contributed by atoms with Crippen LogP contribution in [0, 0.1) is 47.3 Å². The second-order valence-electron chi connectivity index (χ2n) is 11.4. The molecule has 1 aromatic rings. The highest BCUT2D eigenvalue weighted by molar-refractivity contribution is 6.22. The number of allylic oxidation sites excluding steroid dienone is 3. The highest BCUT2D eigenvalue weighted by Crippen LogP contribution is 2.59. The third-order valence-corrected chi connectivity index (χ3v) is 9.15. The van der Waals surface area contributed by atoms with E-state index in [0.717, 1.165) is 24.2 Å². The molecule has 5 nitrogen and oxygen atoms in total. The standard InChI is InChI=1S/C29H33NO4/c1-4-18-7-10-20-21-12-15(2)11-16(3)23(21)27-25(20)24(18)26(31)22-14-29(33,30-28(22)32)13-17-5-8-19(34-27)9-6-17/h4-10,14-16,18,20-21,23-25,27,33H,1,11-13H2,2-3H3,(H,30,32)/t15-,16+,18-,20-,21+,23-,24-,25+,27-,29-/m1/s1. The number of ether oxygens (including phenoxy) is 1. The summed E-state index contributed by atoms with van der Waals surface area (Å²) in [5, 5.41) is 13.8. The van der Waals surface area contributed by atoms with E-state index in [9.17, 15) is 14.7 Å². The molecule has 2 saturated carbocycles. The molecule has 10 atom stereocenters. The lowest BCUT2D eigenvalue weighted by molar-refractivity contribution is -0.128. The van der Waals surface area contributed by atoms with E-state index in [2.05, 4.69) is 37.9 Å². The van der Waals surface area contributed by atoms with Crippen molar-refractivity contribution in [3.63, 3.8) is 0 Å². The Labute approximate surface area is 201 Å². The molecule has 1 aromatic carbocycles. The van der Waals surface area contributed by atoms with Crippen molar-refractivity contribution in [1.29, 1.82) is 0 Å². The minimum atomic E-state index is -1.57. The highest BCUT2D eigenvalue weighted by Gasteiger charge is 2.60. The van der Waals surface area contributed by atoms with Gasteiger partial charge in [0.25, 0.3) is 5.91 Å². The first-order chi connectivity index (χ1) is 16.3. The molecular formula is C29H33NO4. The summed E-state index contributed by atoms with van der Waals surface area (Å²) in [5.74, 6) is 1.58. The number of rotatable bonds is 1. The van der Waals surface area contributed by atoms with E-state index in [0.29, 0.717) is 23.7 Å². The SMILES string of the molecule is C=C[C@@H]1C=C[C@@H]2[C@@H]3C[C@H](C)C[C@H](C)[C@H]3[C@H]3Oc4ccc(cc4)C[C@@]4(O)C=C(C(=O)N4)C(=O)[C@H]1[C@H]23. The molecule has 3 aliphatic heterocycles. The Morgan fingerprint density at radius 3 is 2.62 bits per heavy atom. The predicted octanol–water partition coefficient (Wildman–Crippen LogP) is 3.84. The maximum absolute atomic E-state index is 14.1. The van der Waals surface area contributed by atoms with Crippen LogP contribution in [0.5, 0.6) is 5.75 Å². The fraction of sp³-hybridized carbons (Fsp3) is 0.517. The third kappa shape index (κ3) is 3.24. The molecular weight excluding hydrogens is 426 g/mol. The van der Waals surface area contributed by atoms with Crippen LogP contribution >= 0.6 is 0 Å². The van der Waals surface area contributed by atoms with E-state index in [-0.39, 0.29) is 41.6 Å². The lowest BCUT2D eigenvalue weighted by Crippen LogP contribution is -2.46. The van der Waals surface area contributed by atoms with Crippen LogP contribution in [0.4, 0.5) is 0 Å². The minimum absolute atomic E-state index is 0.0499. The lowest BCUT2D eigenvalue weighted by atomic mass is 9.65. The third-order valence-electron chi connectivity index (χ3n) is 9.15. The second kappa shape index (κ2) is 7.67. The first-order valence-electron chi connectivity index (χ1n) is 12.7. The molecule has 178 valence electrons.